The van der Waals surface area contributed by atoms with Gasteiger partial charge in [0.15, 0.2) is 0 Å². The molecule has 0 spiro atoms. The van der Waals surface area contributed by atoms with Crippen LogP contribution in [0.4, 0.5) is 0 Å². The van der Waals surface area contributed by atoms with E-state index in [2.05, 4.69) is 4.98 Å². The molecule has 1 amide bonds. The molecule has 0 aromatic carbocycles. The van der Waals surface area contributed by atoms with Crippen LogP contribution < -0.4 is 0 Å². The molecule has 3 rings (SSSR count). The molecule has 2 aromatic heterocycles. The van der Waals surface area contributed by atoms with Crippen molar-refractivity contribution in [2.24, 2.45) is 5.92 Å². The van der Waals surface area contributed by atoms with Gasteiger partial charge in [-0.2, -0.15) is 0 Å². The molecule has 23 heavy (non-hydrogen) atoms. The van der Waals surface area contributed by atoms with Crippen molar-refractivity contribution in [2.45, 2.75) is 26.7 Å². The molecule has 1 atom stereocenters. The first-order valence-corrected chi connectivity index (χ1v) is 7.99. The van der Waals surface area contributed by atoms with E-state index in [4.69, 9.17) is 4.74 Å². The molecule has 0 saturated carbocycles. The second-order valence-electron chi connectivity index (χ2n) is 5.91. The zero-order chi connectivity index (χ0) is 16.4. The highest BCUT2D eigenvalue weighted by Crippen LogP contribution is 2.20. The molecule has 0 aliphatic carbocycles. The highest BCUT2D eigenvalue weighted by molar-refractivity contribution is 5.95. The first-order chi connectivity index (χ1) is 11.1. The predicted octanol–water partition coefficient (Wildman–Crippen LogP) is 2.06. The van der Waals surface area contributed by atoms with Crippen LogP contribution >= 0.6 is 0 Å². The molecule has 2 aromatic rings. The Labute approximate surface area is 135 Å². The normalized spacial score (nSPS) is 18.2. The summed E-state index contributed by atoms with van der Waals surface area (Å²) in [6, 6.07) is 3.59. The van der Waals surface area contributed by atoms with Gasteiger partial charge < -0.3 is 14.0 Å². The summed E-state index contributed by atoms with van der Waals surface area (Å²) in [6.45, 7) is 5.19. The minimum atomic E-state index is -0.218. The zero-order valence-corrected chi connectivity index (χ0v) is 13.5. The van der Waals surface area contributed by atoms with Crippen molar-refractivity contribution in [3.05, 3.63) is 35.8 Å². The van der Waals surface area contributed by atoms with E-state index in [0.717, 1.165) is 24.2 Å². The average molecular weight is 315 g/mol. The summed E-state index contributed by atoms with van der Waals surface area (Å²) in [5, 5.41) is 0. The van der Waals surface area contributed by atoms with Crippen molar-refractivity contribution < 1.29 is 14.3 Å². The van der Waals surface area contributed by atoms with Crippen LogP contribution in [0.15, 0.2) is 24.5 Å². The van der Waals surface area contributed by atoms with Crippen LogP contribution in [0.5, 0.6) is 0 Å². The number of nitrogens with zero attached hydrogens (tertiary/aromatic N) is 3. The van der Waals surface area contributed by atoms with Crippen molar-refractivity contribution in [1.82, 2.24) is 14.3 Å². The van der Waals surface area contributed by atoms with E-state index >= 15 is 0 Å². The Balaban J connectivity index is 1.76. The van der Waals surface area contributed by atoms with Gasteiger partial charge in [-0.25, -0.2) is 4.98 Å². The molecule has 0 N–H and O–H groups in total. The lowest BCUT2D eigenvalue weighted by Gasteiger charge is -2.31. The lowest BCUT2D eigenvalue weighted by molar-refractivity contribution is -0.149. The summed E-state index contributed by atoms with van der Waals surface area (Å²) in [4.78, 5) is 30.7. The second kappa shape index (κ2) is 6.40. The van der Waals surface area contributed by atoms with Crippen LogP contribution in [0, 0.1) is 12.8 Å². The predicted molar refractivity (Wildman–Crippen MR) is 85.2 cm³/mol. The van der Waals surface area contributed by atoms with Crippen molar-refractivity contribution in [3.8, 4) is 0 Å². The first-order valence-electron chi connectivity index (χ1n) is 7.99. The zero-order valence-electron chi connectivity index (χ0n) is 13.5. The average Bonchev–Trinajstić information content (AvgIpc) is 2.93. The van der Waals surface area contributed by atoms with Gasteiger partial charge in [0, 0.05) is 31.0 Å². The van der Waals surface area contributed by atoms with E-state index in [1.807, 2.05) is 23.7 Å². The Morgan fingerprint density at radius 3 is 3.04 bits per heavy atom. The number of rotatable bonds is 3. The standard InChI is InChI=1S/C17H21N3O3/c1-3-23-17(22)14-5-4-7-20(11-14)16(21)13-6-8-19-10-12(2)18-15(19)9-13/h6,8-10,14H,3-5,7,11H2,1-2H3. The third-order valence-corrected chi connectivity index (χ3v) is 4.16. The Morgan fingerprint density at radius 2 is 2.26 bits per heavy atom. The van der Waals surface area contributed by atoms with Crippen molar-refractivity contribution in [2.75, 3.05) is 19.7 Å². The Morgan fingerprint density at radius 1 is 1.43 bits per heavy atom. The van der Waals surface area contributed by atoms with Crippen LogP contribution in [0.1, 0.15) is 35.8 Å². The van der Waals surface area contributed by atoms with E-state index in [0.29, 0.717) is 25.3 Å². The van der Waals surface area contributed by atoms with Gasteiger partial charge in [0.1, 0.15) is 5.65 Å². The largest absolute Gasteiger partial charge is 0.466 e. The molecular formula is C17H21N3O3. The van der Waals surface area contributed by atoms with Gasteiger partial charge in [-0.05, 0) is 38.8 Å². The van der Waals surface area contributed by atoms with E-state index < -0.39 is 0 Å². The van der Waals surface area contributed by atoms with E-state index in [1.54, 1.807) is 24.0 Å². The molecule has 1 unspecified atom stereocenters. The fourth-order valence-electron chi connectivity index (χ4n) is 3.04. The van der Waals surface area contributed by atoms with Gasteiger partial charge in [0.05, 0.1) is 18.2 Å². The molecule has 6 nitrogen and oxygen atoms in total. The highest BCUT2D eigenvalue weighted by Gasteiger charge is 2.29. The smallest absolute Gasteiger partial charge is 0.310 e. The minimum absolute atomic E-state index is 0.0536. The van der Waals surface area contributed by atoms with Crippen molar-refractivity contribution in [1.29, 1.82) is 0 Å². The fraction of sp³-hybridized carbons (Fsp3) is 0.471. The summed E-state index contributed by atoms with van der Waals surface area (Å²) in [7, 11) is 0. The molecule has 1 saturated heterocycles. The van der Waals surface area contributed by atoms with Crippen molar-refractivity contribution in [3.63, 3.8) is 0 Å². The van der Waals surface area contributed by atoms with E-state index in [-0.39, 0.29) is 17.8 Å². The number of pyridine rings is 1. The molecule has 1 aliphatic rings. The quantitative estimate of drug-likeness (QED) is 0.813. The Bertz CT molecular complexity index is 738. The van der Waals surface area contributed by atoms with Gasteiger partial charge in [0.2, 0.25) is 0 Å². The number of hydrogen-bond acceptors (Lipinski definition) is 4. The number of ether oxygens (including phenoxy) is 1. The number of aromatic nitrogens is 2. The summed E-state index contributed by atoms with van der Waals surface area (Å²) in [5.74, 6) is -0.475. The van der Waals surface area contributed by atoms with Crippen LogP contribution in [0.2, 0.25) is 0 Å². The third kappa shape index (κ3) is 3.21. The summed E-state index contributed by atoms with van der Waals surface area (Å²) in [6.07, 6.45) is 5.36. The topological polar surface area (TPSA) is 63.9 Å². The Hall–Kier alpha value is -2.37. The van der Waals surface area contributed by atoms with Gasteiger partial charge in [-0.15, -0.1) is 0 Å². The van der Waals surface area contributed by atoms with Gasteiger partial charge in [-0.3, -0.25) is 9.59 Å². The van der Waals surface area contributed by atoms with Crippen LogP contribution in [0.3, 0.4) is 0 Å². The number of carbonyl (C=O) groups excluding carboxylic acids is 2. The van der Waals surface area contributed by atoms with Crippen molar-refractivity contribution >= 4 is 17.5 Å². The molecule has 0 radical (unpaired) electrons. The number of carbonyl (C=O) groups is 2. The molecule has 1 fully saturated rings. The number of piperidine rings is 1. The van der Waals surface area contributed by atoms with E-state index in [1.165, 1.54) is 0 Å². The number of esters is 1. The van der Waals surface area contributed by atoms with Crippen LogP contribution in [-0.2, 0) is 9.53 Å². The molecule has 0 bridgehead atoms. The van der Waals surface area contributed by atoms with Crippen LogP contribution in [0.25, 0.3) is 5.65 Å². The second-order valence-corrected chi connectivity index (χ2v) is 5.91. The number of imidazole rings is 1. The monoisotopic (exact) mass is 315 g/mol. The molecule has 1 aliphatic heterocycles. The Kier molecular flexibility index (Phi) is 4.32. The van der Waals surface area contributed by atoms with Gasteiger partial charge >= 0.3 is 5.97 Å². The number of likely N-dealkylation sites (tertiary alicyclic amines) is 1. The highest BCUT2D eigenvalue weighted by atomic mass is 16.5. The molecular weight excluding hydrogens is 294 g/mol. The first kappa shape index (κ1) is 15.5. The number of amides is 1. The maximum Gasteiger partial charge on any atom is 0.310 e. The maximum atomic E-state index is 12.7. The SMILES string of the molecule is CCOC(=O)C1CCCN(C(=O)c2ccn3cc(C)nc3c2)C1. The summed E-state index contributed by atoms with van der Waals surface area (Å²) >= 11 is 0. The summed E-state index contributed by atoms with van der Waals surface area (Å²) in [5.41, 5.74) is 2.27. The van der Waals surface area contributed by atoms with Crippen LogP contribution in [-0.4, -0.2) is 45.9 Å². The number of fused-ring (bicyclic) bond motifs is 1. The molecule has 6 heteroatoms. The summed E-state index contributed by atoms with van der Waals surface area (Å²) < 4.78 is 6.98. The fourth-order valence-corrected chi connectivity index (χ4v) is 3.04. The molecule has 3 heterocycles. The lowest BCUT2D eigenvalue weighted by atomic mass is 9.97. The van der Waals surface area contributed by atoms with Gasteiger partial charge in [0.25, 0.3) is 5.91 Å². The van der Waals surface area contributed by atoms with E-state index in [9.17, 15) is 9.59 Å². The third-order valence-electron chi connectivity index (χ3n) is 4.16. The number of hydrogen-bond donors (Lipinski definition) is 0. The maximum absolute atomic E-state index is 12.7. The number of aryl methyl sites for hydroxylation is 1. The van der Waals surface area contributed by atoms with Gasteiger partial charge in [-0.1, -0.05) is 0 Å². The minimum Gasteiger partial charge on any atom is -0.466 e. The lowest BCUT2D eigenvalue weighted by Crippen LogP contribution is -2.42. The molecule has 122 valence electrons.